The quantitative estimate of drug-likeness (QED) is 0.904. The molecule has 1 N–H and O–H groups in total. The Morgan fingerprint density at radius 1 is 0.963 bits per heavy atom. The molecule has 2 heterocycles. The number of carbonyl (C=O) groups is 1. The Hall–Kier alpha value is -2.57. The lowest BCUT2D eigenvalue weighted by molar-refractivity contribution is 0.0318. The van der Waals surface area contributed by atoms with Crippen LogP contribution in [-0.4, -0.2) is 73.1 Å². The zero-order chi connectivity index (χ0) is 18.6. The Morgan fingerprint density at radius 2 is 1.67 bits per heavy atom. The maximum absolute atomic E-state index is 12.5. The first-order valence-electron chi connectivity index (χ1n) is 9.49. The van der Waals surface area contributed by atoms with Crippen LogP contribution in [0.3, 0.4) is 0 Å². The summed E-state index contributed by atoms with van der Waals surface area (Å²) in [5.41, 5.74) is 0.747. The first-order chi connectivity index (χ1) is 13.2. The summed E-state index contributed by atoms with van der Waals surface area (Å²) in [5, 5.41) is 2.98. The molecule has 4 rings (SSSR count). The number of hydrogen-bond donors (Lipinski definition) is 1. The minimum Gasteiger partial charge on any atom is -0.457 e. The molecule has 2 fully saturated rings. The Balaban J connectivity index is 1.28. The van der Waals surface area contributed by atoms with E-state index >= 15 is 0 Å². The normalized spacial score (nSPS) is 18.8. The van der Waals surface area contributed by atoms with Gasteiger partial charge in [0.15, 0.2) is 0 Å². The van der Waals surface area contributed by atoms with Crippen LogP contribution in [0.2, 0.25) is 0 Å². The lowest BCUT2D eigenvalue weighted by Gasteiger charge is -2.47. The fourth-order valence-corrected chi connectivity index (χ4v) is 3.50. The average Bonchev–Trinajstić information content (AvgIpc) is 2.63. The van der Waals surface area contributed by atoms with Crippen molar-refractivity contribution in [3.63, 3.8) is 0 Å². The molecular formula is C21H26N4O2. The fraction of sp³-hybridized carbons (Fsp3) is 0.381. The number of nitrogens with zero attached hydrogens (tertiary/aromatic N) is 3. The van der Waals surface area contributed by atoms with E-state index in [1.807, 2.05) is 59.5 Å². The van der Waals surface area contributed by atoms with Crippen LogP contribution in [0.25, 0.3) is 0 Å². The molecular weight excluding hydrogens is 340 g/mol. The largest absolute Gasteiger partial charge is 0.457 e. The highest BCUT2D eigenvalue weighted by molar-refractivity contribution is 5.90. The molecule has 2 aliphatic heterocycles. The molecule has 0 radical (unpaired) electrons. The molecule has 2 aromatic carbocycles. The van der Waals surface area contributed by atoms with Crippen LogP contribution in [0.5, 0.6) is 11.5 Å². The van der Waals surface area contributed by atoms with Gasteiger partial charge in [-0.3, -0.25) is 4.90 Å². The second kappa shape index (κ2) is 7.98. The minimum atomic E-state index is -0.0442. The van der Waals surface area contributed by atoms with E-state index in [1.165, 1.54) is 0 Å². The van der Waals surface area contributed by atoms with Gasteiger partial charge in [0.1, 0.15) is 11.5 Å². The number of benzene rings is 2. The highest BCUT2D eigenvalue weighted by Crippen LogP contribution is 2.25. The van der Waals surface area contributed by atoms with Crippen molar-refractivity contribution >= 4 is 11.7 Å². The predicted molar refractivity (Wildman–Crippen MR) is 106 cm³/mol. The number of nitrogens with one attached hydrogen (secondary N) is 1. The number of amides is 2. The monoisotopic (exact) mass is 366 g/mol. The summed E-state index contributed by atoms with van der Waals surface area (Å²) in [5.74, 6) is 1.48. The Morgan fingerprint density at radius 3 is 2.41 bits per heavy atom. The number of para-hydroxylation sites is 1. The van der Waals surface area contributed by atoms with Crippen LogP contribution in [-0.2, 0) is 0 Å². The molecule has 6 heteroatoms. The van der Waals surface area contributed by atoms with Gasteiger partial charge >= 0.3 is 6.03 Å². The molecule has 0 saturated carbocycles. The molecule has 2 aliphatic rings. The van der Waals surface area contributed by atoms with Gasteiger partial charge in [0.05, 0.1) is 0 Å². The van der Waals surface area contributed by atoms with Crippen molar-refractivity contribution in [2.24, 2.45) is 0 Å². The zero-order valence-corrected chi connectivity index (χ0v) is 15.7. The summed E-state index contributed by atoms with van der Waals surface area (Å²) < 4.78 is 5.83. The van der Waals surface area contributed by atoms with Crippen molar-refractivity contribution in [2.45, 2.75) is 6.04 Å². The van der Waals surface area contributed by atoms with E-state index in [4.69, 9.17) is 4.74 Å². The molecule has 2 amide bonds. The van der Waals surface area contributed by atoms with Gasteiger partial charge in [0.25, 0.3) is 0 Å². The van der Waals surface area contributed by atoms with Crippen molar-refractivity contribution in [2.75, 3.05) is 51.6 Å². The van der Waals surface area contributed by atoms with E-state index in [0.29, 0.717) is 11.8 Å². The summed E-state index contributed by atoms with van der Waals surface area (Å²) in [6.45, 7) is 6.00. The Kier molecular flexibility index (Phi) is 5.27. The van der Waals surface area contributed by atoms with Gasteiger partial charge in [0, 0.05) is 57.1 Å². The van der Waals surface area contributed by atoms with E-state index in [0.717, 1.165) is 50.7 Å². The zero-order valence-electron chi connectivity index (χ0n) is 15.7. The summed E-state index contributed by atoms with van der Waals surface area (Å²) in [4.78, 5) is 19.2. The molecule has 0 spiro atoms. The van der Waals surface area contributed by atoms with E-state index in [2.05, 4.69) is 22.2 Å². The van der Waals surface area contributed by atoms with Crippen LogP contribution in [0.1, 0.15) is 0 Å². The van der Waals surface area contributed by atoms with Crippen LogP contribution in [0.15, 0.2) is 54.6 Å². The average molecular weight is 366 g/mol. The molecule has 6 nitrogen and oxygen atoms in total. The van der Waals surface area contributed by atoms with E-state index < -0.39 is 0 Å². The summed E-state index contributed by atoms with van der Waals surface area (Å²) in [6.07, 6.45) is 0. The van der Waals surface area contributed by atoms with Gasteiger partial charge in [-0.25, -0.2) is 4.79 Å². The fourth-order valence-electron chi connectivity index (χ4n) is 3.50. The molecule has 0 aromatic heterocycles. The van der Waals surface area contributed by atoms with Crippen molar-refractivity contribution in [3.8, 4) is 11.5 Å². The Bertz CT molecular complexity index is 769. The van der Waals surface area contributed by atoms with Crippen LogP contribution < -0.4 is 10.1 Å². The van der Waals surface area contributed by atoms with Gasteiger partial charge in [-0.2, -0.15) is 0 Å². The number of piperazine rings is 1. The lowest BCUT2D eigenvalue weighted by atomic mass is 10.1. The first kappa shape index (κ1) is 17.8. The number of hydrogen-bond acceptors (Lipinski definition) is 4. The molecule has 0 unspecified atom stereocenters. The topological polar surface area (TPSA) is 48.0 Å². The number of carbonyl (C=O) groups excluding carboxylic acids is 1. The SMILES string of the molecule is CN1CCN(C2CN(C(=O)Nc3cccc(Oc4ccccc4)c3)C2)CC1. The maximum atomic E-state index is 12.5. The van der Waals surface area contributed by atoms with Gasteiger partial charge in [0.2, 0.25) is 0 Å². The lowest BCUT2D eigenvalue weighted by Crippen LogP contribution is -2.64. The summed E-state index contributed by atoms with van der Waals surface area (Å²) in [7, 11) is 2.16. The Labute approximate surface area is 160 Å². The smallest absolute Gasteiger partial charge is 0.321 e. The predicted octanol–water partition coefficient (Wildman–Crippen LogP) is 2.94. The molecule has 142 valence electrons. The number of anilines is 1. The van der Waals surface area contributed by atoms with E-state index in [-0.39, 0.29) is 6.03 Å². The molecule has 0 aliphatic carbocycles. The third-order valence-corrected chi connectivity index (χ3v) is 5.27. The molecule has 2 aromatic rings. The number of likely N-dealkylation sites (N-methyl/N-ethyl adjacent to an activating group) is 1. The second-order valence-electron chi connectivity index (χ2n) is 7.27. The molecule has 0 bridgehead atoms. The van der Waals surface area contributed by atoms with Gasteiger partial charge < -0.3 is 19.9 Å². The van der Waals surface area contributed by atoms with E-state index in [1.54, 1.807) is 0 Å². The summed E-state index contributed by atoms with van der Waals surface area (Å²) in [6, 6.07) is 17.6. The van der Waals surface area contributed by atoms with Gasteiger partial charge in [-0.1, -0.05) is 24.3 Å². The van der Waals surface area contributed by atoms with Crippen molar-refractivity contribution in [1.82, 2.24) is 14.7 Å². The third-order valence-electron chi connectivity index (χ3n) is 5.27. The summed E-state index contributed by atoms with van der Waals surface area (Å²) >= 11 is 0. The van der Waals surface area contributed by atoms with Gasteiger partial charge in [-0.05, 0) is 31.3 Å². The minimum absolute atomic E-state index is 0.0442. The van der Waals surface area contributed by atoms with Crippen LogP contribution in [0, 0.1) is 0 Å². The molecule has 27 heavy (non-hydrogen) atoms. The highest BCUT2D eigenvalue weighted by atomic mass is 16.5. The van der Waals surface area contributed by atoms with Crippen molar-refractivity contribution < 1.29 is 9.53 Å². The first-order valence-corrected chi connectivity index (χ1v) is 9.49. The van der Waals surface area contributed by atoms with Crippen molar-refractivity contribution in [1.29, 1.82) is 0 Å². The van der Waals surface area contributed by atoms with E-state index in [9.17, 15) is 4.79 Å². The molecule has 2 saturated heterocycles. The standard InChI is InChI=1S/C21H26N4O2/c1-23-10-12-24(13-11-23)18-15-25(16-18)21(26)22-17-6-5-9-20(14-17)27-19-7-3-2-4-8-19/h2-9,14,18H,10-13,15-16H2,1H3,(H,22,26). The third kappa shape index (κ3) is 4.40. The number of likely N-dealkylation sites (tertiary alicyclic amines) is 1. The number of urea groups is 1. The van der Waals surface area contributed by atoms with Crippen LogP contribution in [0.4, 0.5) is 10.5 Å². The van der Waals surface area contributed by atoms with Crippen molar-refractivity contribution in [3.05, 3.63) is 54.6 Å². The number of ether oxygens (including phenoxy) is 1. The maximum Gasteiger partial charge on any atom is 0.321 e. The van der Waals surface area contributed by atoms with Crippen LogP contribution >= 0.6 is 0 Å². The highest BCUT2D eigenvalue weighted by Gasteiger charge is 2.35. The second-order valence-corrected chi connectivity index (χ2v) is 7.27. The van der Waals surface area contributed by atoms with Gasteiger partial charge in [-0.15, -0.1) is 0 Å². The number of rotatable bonds is 4. The molecule has 0 atom stereocenters.